The van der Waals surface area contributed by atoms with Crippen molar-refractivity contribution < 1.29 is 9.47 Å². The Labute approximate surface area is 144 Å². The minimum absolute atomic E-state index is 0.342. The van der Waals surface area contributed by atoms with Crippen molar-refractivity contribution in [2.45, 2.75) is 39.2 Å². The lowest BCUT2D eigenvalue weighted by atomic mass is 9.88. The van der Waals surface area contributed by atoms with E-state index in [1.165, 1.54) is 0 Å². The number of unbranched alkanes of at least 4 members (excludes halogenated alkanes) is 1. The van der Waals surface area contributed by atoms with Gasteiger partial charge in [-0.15, -0.1) is 0 Å². The summed E-state index contributed by atoms with van der Waals surface area (Å²) in [5.74, 6) is 0. The molecule has 1 aliphatic rings. The maximum atomic E-state index is 6.45. The summed E-state index contributed by atoms with van der Waals surface area (Å²) in [5, 5.41) is 0.650. The van der Waals surface area contributed by atoms with E-state index in [4.69, 9.17) is 21.1 Å². The van der Waals surface area contributed by atoms with E-state index in [-0.39, 0.29) is 5.60 Å². The van der Waals surface area contributed by atoms with Crippen LogP contribution in [-0.2, 0) is 15.1 Å². The minimum Gasteiger partial charge on any atom is -0.375 e. The third-order valence-electron chi connectivity index (χ3n) is 4.22. The van der Waals surface area contributed by atoms with Gasteiger partial charge in [-0.1, -0.05) is 24.9 Å². The Morgan fingerprint density at radius 3 is 2.70 bits per heavy atom. The molecule has 0 aliphatic carbocycles. The van der Waals surface area contributed by atoms with Crippen molar-refractivity contribution >= 4 is 23.6 Å². The first kappa shape index (κ1) is 18.2. The average molecular weight is 339 g/mol. The van der Waals surface area contributed by atoms with Crippen molar-refractivity contribution in [1.82, 2.24) is 4.90 Å². The number of halogens is 1. The summed E-state index contributed by atoms with van der Waals surface area (Å²) in [6.45, 7) is 9.16. The van der Waals surface area contributed by atoms with Gasteiger partial charge in [-0.25, -0.2) is 4.99 Å². The molecule has 1 heterocycles. The standard InChI is InChI=1S/C18H27ClN2O2/c1-5-7-8-23-18(11-22-12-18)15-10-16(19)17(9-14(15)3)20-13-21(4)6-2/h9-10,13H,5-8,11-12H2,1-4H3. The first-order valence-electron chi connectivity index (χ1n) is 8.29. The average Bonchev–Trinajstić information content (AvgIpc) is 2.50. The summed E-state index contributed by atoms with van der Waals surface area (Å²) in [4.78, 5) is 6.49. The smallest absolute Gasteiger partial charge is 0.140 e. The van der Waals surface area contributed by atoms with Crippen LogP contribution in [0.25, 0.3) is 0 Å². The van der Waals surface area contributed by atoms with Gasteiger partial charge in [0, 0.05) is 20.2 Å². The monoisotopic (exact) mass is 338 g/mol. The van der Waals surface area contributed by atoms with Crippen LogP contribution in [0.3, 0.4) is 0 Å². The van der Waals surface area contributed by atoms with E-state index in [1.807, 2.05) is 24.1 Å². The lowest BCUT2D eigenvalue weighted by molar-refractivity contribution is -0.217. The van der Waals surface area contributed by atoms with Crippen molar-refractivity contribution in [2.24, 2.45) is 4.99 Å². The van der Waals surface area contributed by atoms with Gasteiger partial charge in [0.25, 0.3) is 0 Å². The highest BCUT2D eigenvalue weighted by atomic mass is 35.5. The maximum Gasteiger partial charge on any atom is 0.140 e. The molecule has 5 heteroatoms. The summed E-state index contributed by atoms with van der Waals surface area (Å²) in [6.07, 6.45) is 3.98. The molecule has 0 radical (unpaired) electrons. The Morgan fingerprint density at radius 1 is 1.39 bits per heavy atom. The molecule has 0 atom stereocenters. The Kier molecular flexibility index (Phi) is 6.45. The number of nitrogens with zero attached hydrogens (tertiary/aromatic N) is 2. The van der Waals surface area contributed by atoms with Crippen molar-refractivity contribution in [3.63, 3.8) is 0 Å². The van der Waals surface area contributed by atoms with Gasteiger partial charge in [-0.2, -0.15) is 0 Å². The van der Waals surface area contributed by atoms with Crippen LogP contribution in [0, 0.1) is 6.92 Å². The molecule has 0 amide bonds. The Balaban J connectivity index is 2.23. The first-order valence-corrected chi connectivity index (χ1v) is 8.67. The Hall–Kier alpha value is -1.10. The van der Waals surface area contributed by atoms with Crippen LogP contribution in [0.1, 0.15) is 37.8 Å². The Morgan fingerprint density at radius 2 is 2.13 bits per heavy atom. The van der Waals surface area contributed by atoms with Crippen LogP contribution in [0.5, 0.6) is 0 Å². The van der Waals surface area contributed by atoms with E-state index in [0.29, 0.717) is 18.2 Å². The van der Waals surface area contributed by atoms with E-state index >= 15 is 0 Å². The fraction of sp³-hybridized carbons (Fsp3) is 0.611. The second-order valence-electron chi connectivity index (χ2n) is 6.13. The zero-order valence-electron chi connectivity index (χ0n) is 14.6. The maximum absolute atomic E-state index is 6.45. The van der Waals surface area contributed by atoms with Gasteiger partial charge in [0.15, 0.2) is 0 Å². The van der Waals surface area contributed by atoms with Crippen LogP contribution >= 0.6 is 11.6 Å². The summed E-state index contributed by atoms with van der Waals surface area (Å²) < 4.78 is 11.6. The molecule has 4 nitrogen and oxygen atoms in total. The summed E-state index contributed by atoms with van der Waals surface area (Å²) >= 11 is 6.45. The molecular weight excluding hydrogens is 312 g/mol. The van der Waals surface area contributed by atoms with Gasteiger partial charge in [0.05, 0.1) is 30.3 Å². The van der Waals surface area contributed by atoms with Crippen LogP contribution < -0.4 is 0 Å². The fourth-order valence-electron chi connectivity index (χ4n) is 2.51. The van der Waals surface area contributed by atoms with Crippen LogP contribution in [0.2, 0.25) is 5.02 Å². The predicted octanol–water partition coefficient (Wildman–Crippen LogP) is 4.30. The number of rotatable bonds is 8. The predicted molar refractivity (Wildman–Crippen MR) is 96.0 cm³/mol. The second-order valence-corrected chi connectivity index (χ2v) is 6.53. The second kappa shape index (κ2) is 8.13. The number of benzene rings is 1. The molecule has 23 heavy (non-hydrogen) atoms. The molecule has 0 bridgehead atoms. The molecule has 1 aromatic carbocycles. The van der Waals surface area contributed by atoms with Crippen LogP contribution in [-0.4, -0.2) is 44.7 Å². The van der Waals surface area contributed by atoms with Crippen LogP contribution in [0.15, 0.2) is 17.1 Å². The van der Waals surface area contributed by atoms with Crippen molar-refractivity contribution in [3.8, 4) is 0 Å². The molecule has 1 aromatic rings. The molecule has 1 aliphatic heterocycles. The highest BCUT2D eigenvalue weighted by Crippen LogP contribution is 2.40. The lowest BCUT2D eigenvalue weighted by Gasteiger charge is -2.42. The van der Waals surface area contributed by atoms with Crippen molar-refractivity contribution in [3.05, 3.63) is 28.3 Å². The third kappa shape index (κ3) is 4.25. The molecule has 0 N–H and O–H groups in total. The van der Waals surface area contributed by atoms with Crippen LogP contribution in [0.4, 0.5) is 5.69 Å². The van der Waals surface area contributed by atoms with Gasteiger partial charge in [-0.3, -0.25) is 0 Å². The number of hydrogen-bond acceptors (Lipinski definition) is 3. The van der Waals surface area contributed by atoms with Gasteiger partial charge < -0.3 is 14.4 Å². The molecule has 0 unspecified atom stereocenters. The van der Waals surface area contributed by atoms with E-state index in [1.54, 1.807) is 6.34 Å². The van der Waals surface area contributed by atoms with Gasteiger partial charge >= 0.3 is 0 Å². The SMILES string of the molecule is CCCCOC1(c2cc(Cl)c(N=CN(C)CC)cc2C)COC1. The van der Waals surface area contributed by atoms with E-state index in [9.17, 15) is 0 Å². The topological polar surface area (TPSA) is 34.1 Å². The lowest BCUT2D eigenvalue weighted by Crippen LogP contribution is -2.49. The van der Waals surface area contributed by atoms with Gasteiger partial charge in [0.1, 0.15) is 5.60 Å². The summed E-state index contributed by atoms with van der Waals surface area (Å²) in [5.41, 5.74) is 2.70. The minimum atomic E-state index is -0.342. The molecule has 128 valence electrons. The summed E-state index contributed by atoms with van der Waals surface area (Å²) in [7, 11) is 1.99. The number of hydrogen-bond donors (Lipinski definition) is 0. The molecule has 0 saturated carbocycles. The van der Waals surface area contributed by atoms with E-state index in [0.717, 1.165) is 42.8 Å². The third-order valence-corrected chi connectivity index (χ3v) is 4.53. The molecule has 1 fully saturated rings. The highest BCUT2D eigenvalue weighted by molar-refractivity contribution is 6.33. The van der Waals surface area contributed by atoms with E-state index < -0.39 is 0 Å². The zero-order chi connectivity index (χ0) is 16.9. The first-order chi connectivity index (χ1) is 11.0. The molecule has 1 saturated heterocycles. The van der Waals surface area contributed by atoms with Gasteiger partial charge in [0.2, 0.25) is 0 Å². The highest BCUT2D eigenvalue weighted by Gasteiger charge is 2.42. The normalized spacial score (nSPS) is 16.6. The number of ether oxygens (including phenoxy) is 2. The molecule has 2 rings (SSSR count). The quantitative estimate of drug-likeness (QED) is 0.402. The number of aliphatic imine (C=N–C) groups is 1. The number of aryl methyl sites for hydroxylation is 1. The van der Waals surface area contributed by atoms with Gasteiger partial charge in [-0.05, 0) is 43.5 Å². The Bertz CT molecular complexity index is 556. The molecule has 0 spiro atoms. The van der Waals surface area contributed by atoms with E-state index in [2.05, 4.69) is 25.8 Å². The van der Waals surface area contributed by atoms with Crippen molar-refractivity contribution in [2.75, 3.05) is 33.4 Å². The molecule has 0 aromatic heterocycles. The fourth-order valence-corrected chi connectivity index (χ4v) is 2.73. The zero-order valence-corrected chi connectivity index (χ0v) is 15.3. The van der Waals surface area contributed by atoms with Crippen molar-refractivity contribution in [1.29, 1.82) is 0 Å². The summed E-state index contributed by atoms with van der Waals surface area (Å²) in [6, 6.07) is 4.02. The largest absolute Gasteiger partial charge is 0.375 e. The molecular formula is C18H27ClN2O2.